The van der Waals surface area contributed by atoms with E-state index in [4.69, 9.17) is 0 Å². The summed E-state index contributed by atoms with van der Waals surface area (Å²) in [6.07, 6.45) is 0.541. The van der Waals surface area contributed by atoms with Crippen LogP contribution in [0.25, 0.3) is 0 Å². The van der Waals surface area contributed by atoms with Gasteiger partial charge in [0.25, 0.3) is 5.91 Å². The molecular formula is C18H18F2N2O3S. The number of hydrogen-bond donors (Lipinski definition) is 1. The van der Waals surface area contributed by atoms with E-state index in [9.17, 15) is 22.0 Å². The summed E-state index contributed by atoms with van der Waals surface area (Å²) in [5, 5.41) is 2.64. The Balaban J connectivity index is 1.79. The number of carbonyl (C=O) groups excluding carboxylic acids is 1. The predicted molar refractivity (Wildman–Crippen MR) is 94.4 cm³/mol. The van der Waals surface area contributed by atoms with E-state index in [1.807, 2.05) is 0 Å². The SMILES string of the molecule is C[C@H](NC(=O)c1cccc(N2CCCS2(=O)=O)c1)c1ccc(F)cc1F. The fraction of sp³-hybridized carbons (Fsp3) is 0.278. The van der Waals surface area contributed by atoms with Gasteiger partial charge in [-0.05, 0) is 37.6 Å². The fourth-order valence-corrected chi connectivity index (χ4v) is 4.50. The zero-order valence-electron chi connectivity index (χ0n) is 14.1. The van der Waals surface area contributed by atoms with E-state index in [-0.39, 0.29) is 16.9 Å². The Kier molecular flexibility index (Phi) is 4.95. The zero-order chi connectivity index (χ0) is 18.9. The number of sulfonamides is 1. The molecule has 0 radical (unpaired) electrons. The number of hydrogen-bond acceptors (Lipinski definition) is 3. The second-order valence-electron chi connectivity index (χ2n) is 6.15. The predicted octanol–water partition coefficient (Wildman–Crippen LogP) is 3.00. The Labute approximate surface area is 150 Å². The molecule has 0 saturated carbocycles. The standard InChI is InChI=1S/C18H18F2N2O3S/c1-12(16-7-6-14(19)11-17(16)20)21-18(23)13-4-2-5-15(10-13)22-8-3-9-26(22,24)25/h2,4-7,10-12H,3,8-9H2,1H3,(H,21,23)/t12-/m0/s1. The molecule has 0 bridgehead atoms. The third-order valence-electron chi connectivity index (χ3n) is 4.27. The van der Waals surface area contributed by atoms with Crippen LogP contribution in [0, 0.1) is 11.6 Å². The zero-order valence-corrected chi connectivity index (χ0v) is 14.9. The number of nitrogens with zero attached hydrogens (tertiary/aromatic N) is 1. The minimum Gasteiger partial charge on any atom is -0.345 e. The van der Waals surface area contributed by atoms with Gasteiger partial charge in [-0.3, -0.25) is 9.10 Å². The summed E-state index contributed by atoms with van der Waals surface area (Å²) in [7, 11) is -3.34. The van der Waals surface area contributed by atoms with Crippen LogP contribution in [0.4, 0.5) is 14.5 Å². The lowest BCUT2D eigenvalue weighted by molar-refractivity contribution is 0.0939. The van der Waals surface area contributed by atoms with Gasteiger partial charge in [-0.2, -0.15) is 0 Å². The maximum absolute atomic E-state index is 13.8. The molecule has 2 aromatic carbocycles. The van der Waals surface area contributed by atoms with Crippen molar-refractivity contribution < 1.29 is 22.0 Å². The summed E-state index contributed by atoms with van der Waals surface area (Å²) in [5.74, 6) is -1.82. The van der Waals surface area contributed by atoms with Gasteiger partial charge < -0.3 is 5.32 Å². The van der Waals surface area contributed by atoms with Crippen LogP contribution in [0.3, 0.4) is 0 Å². The normalized spacial score (nSPS) is 17.1. The minimum atomic E-state index is -3.34. The highest BCUT2D eigenvalue weighted by atomic mass is 32.2. The van der Waals surface area contributed by atoms with Crippen LogP contribution in [-0.2, 0) is 10.0 Å². The summed E-state index contributed by atoms with van der Waals surface area (Å²) < 4.78 is 52.2. The first-order valence-electron chi connectivity index (χ1n) is 8.14. The number of anilines is 1. The molecule has 5 nitrogen and oxygen atoms in total. The third-order valence-corrected chi connectivity index (χ3v) is 6.14. The monoisotopic (exact) mass is 380 g/mol. The van der Waals surface area contributed by atoms with Crippen molar-refractivity contribution in [1.82, 2.24) is 5.32 Å². The Bertz CT molecular complexity index is 947. The van der Waals surface area contributed by atoms with Crippen LogP contribution < -0.4 is 9.62 Å². The Morgan fingerprint density at radius 2 is 1.96 bits per heavy atom. The maximum atomic E-state index is 13.8. The number of carbonyl (C=O) groups is 1. The van der Waals surface area contributed by atoms with Crippen molar-refractivity contribution in [3.8, 4) is 0 Å². The molecule has 1 aliphatic heterocycles. The van der Waals surface area contributed by atoms with Gasteiger partial charge in [-0.15, -0.1) is 0 Å². The number of benzene rings is 2. The molecule has 0 aromatic heterocycles. The van der Waals surface area contributed by atoms with Crippen LogP contribution >= 0.6 is 0 Å². The molecule has 8 heteroatoms. The summed E-state index contributed by atoms with van der Waals surface area (Å²) in [5.41, 5.74) is 0.854. The maximum Gasteiger partial charge on any atom is 0.251 e. The van der Waals surface area contributed by atoms with Gasteiger partial charge in [0.05, 0.1) is 17.5 Å². The molecule has 2 aromatic rings. The molecule has 1 saturated heterocycles. The van der Waals surface area contributed by atoms with Crippen molar-refractivity contribution >= 4 is 21.6 Å². The van der Waals surface area contributed by atoms with Crippen molar-refractivity contribution in [3.05, 3.63) is 65.2 Å². The second-order valence-corrected chi connectivity index (χ2v) is 8.17. The summed E-state index contributed by atoms with van der Waals surface area (Å²) >= 11 is 0. The first-order valence-corrected chi connectivity index (χ1v) is 9.75. The van der Waals surface area contributed by atoms with Gasteiger partial charge in [0.2, 0.25) is 10.0 Å². The number of halogens is 2. The smallest absolute Gasteiger partial charge is 0.251 e. The van der Waals surface area contributed by atoms with E-state index in [0.717, 1.165) is 12.1 Å². The van der Waals surface area contributed by atoms with Crippen molar-refractivity contribution in [3.63, 3.8) is 0 Å². The van der Waals surface area contributed by atoms with Gasteiger partial charge >= 0.3 is 0 Å². The number of rotatable bonds is 4. The average molecular weight is 380 g/mol. The first kappa shape index (κ1) is 18.3. The van der Waals surface area contributed by atoms with E-state index in [2.05, 4.69) is 5.32 Å². The van der Waals surface area contributed by atoms with Crippen molar-refractivity contribution in [2.45, 2.75) is 19.4 Å². The molecule has 0 spiro atoms. The molecule has 1 aliphatic rings. The Morgan fingerprint density at radius 3 is 2.62 bits per heavy atom. The molecule has 0 unspecified atom stereocenters. The van der Waals surface area contributed by atoms with Gasteiger partial charge in [0.1, 0.15) is 11.6 Å². The molecule has 1 fully saturated rings. The molecule has 1 heterocycles. The summed E-state index contributed by atoms with van der Waals surface area (Å²) in [6.45, 7) is 1.97. The summed E-state index contributed by atoms with van der Waals surface area (Å²) in [4.78, 5) is 12.5. The highest BCUT2D eigenvalue weighted by Crippen LogP contribution is 2.25. The van der Waals surface area contributed by atoms with Crippen molar-refractivity contribution in [2.75, 3.05) is 16.6 Å². The first-order chi connectivity index (χ1) is 12.3. The second kappa shape index (κ2) is 7.03. The van der Waals surface area contributed by atoms with E-state index >= 15 is 0 Å². The minimum absolute atomic E-state index is 0.0876. The van der Waals surface area contributed by atoms with Crippen molar-refractivity contribution in [1.29, 1.82) is 0 Å². The average Bonchev–Trinajstić information content (AvgIpc) is 2.94. The molecule has 1 N–H and O–H groups in total. The van der Waals surface area contributed by atoms with E-state index in [0.29, 0.717) is 18.7 Å². The van der Waals surface area contributed by atoms with Crippen LogP contribution in [-0.4, -0.2) is 26.6 Å². The summed E-state index contributed by atoms with van der Waals surface area (Å²) in [6, 6.07) is 8.76. The molecular weight excluding hydrogens is 362 g/mol. The quantitative estimate of drug-likeness (QED) is 0.887. The van der Waals surface area contributed by atoms with E-state index in [1.165, 1.54) is 16.4 Å². The molecule has 138 valence electrons. The Morgan fingerprint density at radius 1 is 1.19 bits per heavy atom. The molecule has 0 aliphatic carbocycles. The topological polar surface area (TPSA) is 66.5 Å². The van der Waals surface area contributed by atoms with Crippen LogP contribution in [0.15, 0.2) is 42.5 Å². The van der Waals surface area contributed by atoms with Gasteiger partial charge in [-0.25, -0.2) is 17.2 Å². The number of amides is 1. The third kappa shape index (κ3) is 3.70. The largest absolute Gasteiger partial charge is 0.345 e. The number of nitrogens with one attached hydrogen (secondary N) is 1. The lowest BCUT2D eigenvalue weighted by Gasteiger charge is -2.19. The lowest BCUT2D eigenvalue weighted by Crippen LogP contribution is -2.28. The highest BCUT2D eigenvalue weighted by molar-refractivity contribution is 7.93. The Hall–Kier alpha value is -2.48. The van der Waals surface area contributed by atoms with Crippen molar-refractivity contribution in [2.24, 2.45) is 0 Å². The molecule has 3 rings (SSSR count). The van der Waals surface area contributed by atoms with Gasteiger partial charge in [0, 0.05) is 23.7 Å². The molecule has 26 heavy (non-hydrogen) atoms. The lowest BCUT2D eigenvalue weighted by atomic mass is 10.1. The van der Waals surface area contributed by atoms with Crippen LogP contribution in [0.1, 0.15) is 35.3 Å². The molecule has 1 atom stereocenters. The highest BCUT2D eigenvalue weighted by Gasteiger charge is 2.28. The van der Waals surface area contributed by atoms with E-state index < -0.39 is 33.6 Å². The fourth-order valence-electron chi connectivity index (χ4n) is 2.94. The van der Waals surface area contributed by atoms with E-state index in [1.54, 1.807) is 25.1 Å². The van der Waals surface area contributed by atoms with Crippen LogP contribution in [0.5, 0.6) is 0 Å². The van der Waals surface area contributed by atoms with Gasteiger partial charge in [0.15, 0.2) is 0 Å². The van der Waals surface area contributed by atoms with Crippen LogP contribution in [0.2, 0.25) is 0 Å². The van der Waals surface area contributed by atoms with Gasteiger partial charge in [-0.1, -0.05) is 12.1 Å². The molecule has 1 amide bonds.